The molecule has 136 valence electrons. The van der Waals surface area contributed by atoms with Crippen LogP contribution in [0.2, 0.25) is 0 Å². The molecule has 0 unspecified atom stereocenters. The van der Waals surface area contributed by atoms with Crippen LogP contribution in [0.4, 0.5) is 11.4 Å². The predicted octanol–water partition coefficient (Wildman–Crippen LogP) is 4.31. The lowest BCUT2D eigenvalue weighted by Crippen LogP contribution is -2.24. The minimum Gasteiger partial charge on any atom is -0.497 e. The van der Waals surface area contributed by atoms with Crippen molar-refractivity contribution >= 4 is 38.8 Å². The van der Waals surface area contributed by atoms with Crippen molar-refractivity contribution in [3.63, 3.8) is 0 Å². The molecule has 5 nitrogen and oxygen atoms in total. The summed E-state index contributed by atoms with van der Waals surface area (Å²) in [5, 5.41) is 0.978. The van der Waals surface area contributed by atoms with Crippen molar-refractivity contribution < 1.29 is 14.3 Å². The van der Waals surface area contributed by atoms with Gasteiger partial charge in [-0.25, -0.2) is 4.79 Å². The second-order valence-corrected chi connectivity index (χ2v) is 6.90. The number of nitrogens with zero attached hydrogens (tertiary/aromatic N) is 1. The zero-order valence-electron chi connectivity index (χ0n) is 15.1. The molecule has 0 saturated carbocycles. The second-order valence-electron chi connectivity index (χ2n) is 5.85. The van der Waals surface area contributed by atoms with E-state index in [1.165, 1.54) is 18.4 Å². The third-order valence-corrected chi connectivity index (χ3v) is 5.49. The zero-order chi connectivity index (χ0) is 18.7. The van der Waals surface area contributed by atoms with Crippen LogP contribution in [0.15, 0.2) is 42.5 Å². The maximum absolute atomic E-state index is 12.4. The fraction of sp³-hybridized carbons (Fsp3) is 0.250. The summed E-state index contributed by atoms with van der Waals surface area (Å²) in [6.07, 6.45) is 0. The number of thiophene rings is 1. The molecule has 0 aliphatic carbocycles. The van der Waals surface area contributed by atoms with E-state index in [2.05, 4.69) is 11.8 Å². The maximum atomic E-state index is 12.4. The first kappa shape index (κ1) is 18.1. The van der Waals surface area contributed by atoms with Gasteiger partial charge < -0.3 is 20.1 Å². The highest BCUT2D eigenvalue weighted by Crippen LogP contribution is 2.41. The van der Waals surface area contributed by atoms with E-state index in [9.17, 15) is 4.79 Å². The molecule has 0 aliphatic heterocycles. The monoisotopic (exact) mass is 370 g/mol. The number of para-hydroxylation sites is 1. The molecule has 26 heavy (non-hydrogen) atoms. The predicted molar refractivity (Wildman–Crippen MR) is 107 cm³/mol. The van der Waals surface area contributed by atoms with E-state index in [0.29, 0.717) is 11.4 Å². The van der Waals surface area contributed by atoms with Crippen LogP contribution in [0.5, 0.6) is 5.75 Å². The number of hydrogen-bond donors (Lipinski definition) is 1. The number of carbonyl (C=O) groups excluding carboxylic acids is 1. The van der Waals surface area contributed by atoms with Crippen molar-refractivity contribution in [3.8, 4) is 5.75 Å². The summed E-state index contributed by atoms with van der Waals surface area (Å²) in [5.74, 6) is 0.419. The van der Waals surface area contributed by atoms with Gasteiger partial charge >= 0.3 is 5.97 Å². The molecule has 0 spiro atoms. The quantitative estimate of drug-likeness (QED) is 0.517. The van der Waals surface area contributed by atoms with Gasteiger partial charge in [0.15, 0.2) is 0 Å². The van der Waals surface area contributed by atoms with Crippen molar-refractivity contribution in [1.82, 2.24) is 0 Å². The van der Waals surface area contributed by atoms with Crippen molar-refractivity contribution in [3.05, 3.63) is 52.9 Å². The van der Waals surface area contributed by atoms with Gasteiger partial charge in [-0.15, -0.1) is 11.3 Å². The Labute approximate surface area is 156 Å². The number of nitrogen functional groups attached to an aromatic ring is 1. The van der Waals surface area contributed by atoms with E-state index >= 15 is 0 Å². The molecule has 0 radical (unpaired) electrons. The maximum Gasteiger partial charge on any atom is 0.350 e. The Morgan fingerprint density at radius 1 is 1.19 bits per heavy atom. The zero-order valence-corrected chi connectivity index (χ0v) is 15.9. The number of carbonyl (C=O) groups is 1. The largest absolute Gasteiger partial charge is 0.497 e. The Balaban J connectivity index is 2.15. The van der Waals surface area contributed by atoms with Crippen LogP contribution in [0.3, 0.4) is 0 Å². The molecule has 0 bridgehead atoms. The first-order chi connectivity index (χ1) is 12.6. The highest BCUT2D eigenvalue weighted by molar-refractivity contribution is 7.21. The summed E-state index contributed by atoms with van der Waals surface area (Å²) in [6, 6.07) is 13.6. The van der Waals surface area contributed by atoms with Crippen LogP contribution < -0.4 is 15.4 Å². The van der Waals surface area contributed by atoms with Gasteiger partial charge in [0, 0.05) is 28.9 Å². The van der Waals surface area contributed by atoms with Gasteiger partial charge in [-0.2, -0.15) is 0 Å². The number of esters is 1. The van der Waals surface area contributed by atoms with E-state index in [0.717, 1.165) is 39.3 Å². The Hall–Kier alpha value is -2.73. The Kier molecular flexibility index (Phi) is 5.32. The van der Waals surface area contributed by atoms with E-state index in [-0.39, 0.29) is 5.97 Å². The van der Waals surface area contributed by atoms with Gasteiger partial charge in [-0.3, -0.25) is 0 Å². The molecule has 3 aromatic rings. The SMILES string of the molecule is CCN(Cc1ccccc1N)c1c(C(=O)OC)sc2ccc(OC)cc12. The summed E-state index contributed by atoms with van der Waals surface area (Å²) in [5.41, 5.74) is 8.75. The first-order valence-electron chi connectivity index (χ1n) is 8.36. The highest BCUT2D eigenvalue weighted by Gasteiger charge is 2.24. The van der Waals surface area contributed by atoms with Crippen molar-refractivity contribution in [2.45, 2.75) is 13.5 Å². The summed E-state index contributed by atoms with van der Waals surface area (Å²) < 4.78 is 11.4. The third-order valence-electron chi connectivity index (χ3n) is 4.35. The molecule has 0 aliphatic rings. The smallest absolute Gasteiger partial charge is 0.350 e. The Bertz CT molecular complexity index is 936. The molecule has 0 fully saturated rings. The Morgan fingerprint density at radius 2 is 1.96 bits per heavy atom. The van der Waals surface area contributed by atoms with Crippen LogP contribution in [0.1, 0.15) is 22.2 Å². The number of nitrogens with two attached hydrogens (primary N) is 1. The summed E-state index contributed by atoms with van der Waals surface area (Å²) in [6.45, 7) is 3.39. The number of fused-ring (bicyclic) bond motifs is 1. The first-order valence-corrected chi connectivity index (χ1v) is 9.17. The standard InChI is InChI=1S/C20H22N2O3S/c1-4-22(12-13-7-5-6-8-16(13)21)18-15-11-14(24-2)9-10-17(15)26-19(18)20(23)25-3/h5-11H,4,12,21H2,1-3H3. The normalized spacial score (nSPS) is 10.7. The molecule has 2 N–H and O–H groups in total. The number of benzene rings is 2. The van der Waals surface area contributed by atoms with Crippen molar-refractivity contribution in [2.75, 3.05) is 31.4 Å². The van der Waals surface area contributed by atoms with Gasteiger partial charge in [0.05, 0.1) is 19.9 Å². The van der Waals surface area contributed by atoms with Crippen molar-refractivity contribution in [1.29, 1.82) is 0 Å². The fourth-order valence-corrected chi connectivity index (χ4v) is 4.09. The summed E-state index contributed by atoms with van der Waals surface area (Å²) >= 11 is 1.43. The van der Waals surface area contributed by atoms with E-state index in [1.54, 1.807) is 7.11 Å². The van der Waals surface area contributed by atoms with Crippen LogP contribution in [-0.2, 0) is 11.3 Å². The number of rotatable bonds is 6. The lowest BCUT2D eigenvalue weighted by Gasteiger charge is -2.24. The molecule has 2 aromatic carbocycles. The lowest BCUT2D eigenvalue weighted by atomic mass is 10.1. The van der Waals surface area contributed by atoms with Crippen LogP contribution in [-0.4, -0.2) is 26.7 Å². The van der Waals surface area contributed by atoms with Gasteiger partial charge in [0.1, 0.15) is 10.6 Å². The molecule has 1 aromatic heterocycles. The third kappa shape index (κ3) is 3.32. The minimum atomic E-state index is -0.334. The molecular formula is C20H22N2O3S. The highest BCUT2D eigenvalue weighted by atomic mass is 32.1. The molecule has 0 saturated heterocycles. The van der Waals surface area contributed by atoms with E-state index in [4.69, 9.17) is 15.2 Å². The fourth-order valence-electron chi connectivity index (χ4n) is 2.97. The van der Waals surface area contributed by atoms with Crippen LogP contribution in [0, 0.1) is 0 Å². The molecule has 1 heterocycles. The van der Waals surface area contributed by atoms with Crippen molar-refractivity contribution in [2.24, 2.45) is 0 Å². The number of anilines is 2. The average molecular weight is 370 g/mol. The van der Waals surface area contributed by atoms with E-state index < -0.39 is 0 Å². The molecule has 0 amide bonds. The topological polar surface area (TPSA) is 64.8 Å². The Morgan fingerprint density at radius 3 is 2.62 bits per heavy atom. The van der Waals surface area contributed by atoms with Gasteiger partial charge in [0.2, 0.25) is 0 Å². The molecular weight excluding hydrogens is 348 g/mol. The lowest BCUT2D eigenvalue weighted by molar-refractivity contribution is 0.0607. The van der Waals surface area contributed by atoms with Crippen LogP contribution in [0.25, 0.3) is 10.1 Å². The average Bonchev–Trinajstić information content (AvgIpc) is 3.05. The van der Waals surface area contributed by atoms with Crippen LogP contribution >= 0.6 is 11.3 Å². The second kappa shape index (κ2) is 7.66. The number of methoxy groups -OCH3 is 2. The van der Waals surface area contributed by atoms with Gasteiger partial charge in [0.25, 0.3) is 0 Å². The number of ether oxygens (including phenoxy) is 2. The van der Waals surface area contributed by atoms with Gasteiger partial charge in [-0.05, 0) is 36.8 Å². The summed E-state index contributed by atoms with van der Waals surface area (Å²) in [7, 11) is 3.04. The number of hydrogen-bond acceptors (Lipinski definition) is 6. The molecule has 6 heteroatoms. The molecule has 3 rings (SSSR count). The molecule has 0 atom stereocenters. The minimum absolute atomic E-state index is 0.334. The van der Waals surface area contributed by atoms with Gasteiger partial charge in [-0.1, -0.05) is 18.2 Å². The summed E-state index contributed by atoms with van der Waals surface area (Å²) in [4.78, 5) is 15.1. The van der Waals surface area contributed by atoms with E-state index in [1.807, 2.05) is 42.5 Å².